The van der Waals surface area contributed by atoms with Crippen LogP contribution >= 0.6 is 11.6 Å². The number of benzene rings is 3. The predicted octanol–water partition coefficient (Wildman–Crippen LogP) is 3.96. The van der Waals surface area contributed by atoms with E-state index in [1.165, 1.54) is 25.3 Å². The molecule has 4 rings (SSSR count). The molecule has 0 saturated carbocycles. The number of nitrogens with zero attached hydrogens (tertiary/aromatic N) is 3. The van der Waals surface area contributed by atoms with Gasteiger partial charge in [0.15, 0.2) is 6.10 Å². The zero-order valence-corrected chi connectivity index (χ0v) is 26.7. The summed E-state index contributed by atoms with van der Waals surface area (Å²) in [5.74, 6) is -4.00. The van der Waals surface area contributed by atoms with Crippen LogP contribution in [-0.2, 0) is 35.0 Å². The van der Waals surface area contributed by atoms with Gasteiger partial charge in [-0.05, 0) is 64.6 Å². The molecule has 3 atom stereocenters. The van der Waals surface area contributed by atoms with Crippen molar-refractivity contribution in [3.8, 4) is 11.1 Å². The van der Waals surface area contributed by atoms with Gasteiger partial charge in [-0.2, -0.15) is 0 Å². The van der Waals surface area contributed by atoms with Gasteiger partial charge in [0, 0.05) is 23.0 Å². The van der Waals surface area contributed by atoms with E-state index >= 15 is 0 Å². The van der Waals surface area contributed by atoms with Crippen molar-refractivity contribution in [1.29, 1.82) is 0 Å². The predicted molar refractivity (Wildman–Crippen MR) is 169 cm³/mol. The van der Waals surface area contributed by atoms with Crippen molar-refractivity contribution in [2.45, 2.75) is 45.3 Å². The SMILES string of the molecule is COC(=O)C[C@@H](C(=O)OCOC(=O)C(O)C[C@@H](Cc1ccc(-c2cccc(Cl)c2)cc1)NC(=O)c1ccc2nnn(O)c2c1)C(C)C. The number of carbonyl (C=O) groups excluding carboxylic acids is 4. The van der Waals surface area contributed by atoms with Crippen molar-refractivity contribution in [2.24, 2.45) is 11.8 Å². The summed E-state index contributed by atoms with van der Waals surface area (Å²) in [5.41, 5.74) is 3.43. The second-order valence-corrected chi connectivity index (χ2v) is 11.6. The normalized spacial score (nSPS) is 13.1. The fourth-order valence-corrected chi connectivity index (χ4v) is 5.05. The summed E-state index contributed by atoms with van der Waals surface area (Å²) in [6, 6.07) is 18.6. The molecule has 4 aromatic rings. The summed E-state index contributed by atoms with van der Waals surface area (Å²) in [6.45, 7) is 2.69. The quantitative estimate of drug-likeness (QED) is 0.101. The lowest BCUT2D eigenvalue weighted by Crippen LogP contribution is -2.41. The van der Waals surface area contributed by atoms with Gasteiger partial charge in [-0.1, -0.05) is 66.7 Å². The molecule has 1 amide bonds. The molecule has 14 heteroatoms. The van der Waals surface area contributed by atoms with Crippen molar-refractivity contribution in [1.82, 2.24) is 20.5 Å². The zero-order chi connectivity index (χ0) is 34.1. The maximum absolute atomic E-state index is 13.3. The highest BCUT2D eigenvalue weighted by atomic mass is 35.5. The van der Waals surface area contributed by atoms with Crippen LogP contribution < -0.4 is 5.32 Å². The lowest BCUT2D eigenvalue weighted by atomic mass is 9.93. The van der Waals surface area contributed by atoms with Crippen molar-refractivity contribution in [3.63, 3.8) is 0 Å². The highest BCUT2D eigenvalue weighted by Gasteiger charge is 2.29. The summed E-state index contributed by atoms with van der Waals surface area (Å²) < 4.78 is 14.6. The maximum atomic E-state index is 13.3. The number of hydrogen-bond acceptors (Lipinski definition) is 11. The Morgan fingerprint density at radius 3 is 2.36 bits per heavy atom. The number of esters is 3. The first-order chi connectivity index (χ1) is 22.4. The molecule has 0 bridgehead atoms. The van der Waals surface area contributed by atoms with Crippen LogP contribution in [0.1, 0.15) is 42.6 Å². The molecule has 0 aliphatic heterocycles. The summed E-state index contributed by atoms with van der Waals surface area (Å²) >= 11 is 6.13. The Kier molecular flexibility index (Phi) is 11.9. The van der Waals surface area contributed by atoms with Crippen LogP contribution in [0.4, 0.5) is 0 Å². The van der Waals surface area contributed by atoms with Gasteiger partial charge in [-0.25, -0.2) is 4.79 Å². The lowest BCUT2D eigenvalue weighted by molar-refractivity contribution is -0.178. The molecule has 3 N–H and O–H groups in total. The van der Waals surface area contributed by atoms with Crippen LogP contribution in [0.3, 0.4) is 0 Å². The Morgan fingerprint density at radius 1 is 0.957 bits per heavy atom. The molecule has 0 radical (unpaired) electrons. The van der Waals surface area contributed by atoms with Gasteiger partial charge < -0.3 is 29.8 Å². The van der Waals surface area contributed by atoms with E-state index in [0.717, 1.165) is 16.7 Å². The molecular weight excluding hydrogens is 632 g/mol. The Labute approximate surface area is 275 Å². The number of methoxy groups -OCH3 is 1. The maximum Gasteiger partial charge on any atom is 0.337 e. The molecule has 0 spiro atoms. The van der Waals surface area contributed by atoms with Gasteiger partial charge in [-0.15, -0.1) is 5.10 Å². The summed E-state index contributed by atoms with van der Waals surface area (Å²) in [7, 11) is 1.21. The van der Waals surface area contributed by atoms with E-state index in [1.54, 1.807) is 19.9 Å². The van der Waals surface area contributed by atoms with Gasteiger partial charge in [0.25, 0.3) is 5.91 Å². The highest BCUT2D eigenvalue weighted by molar-refractivity contribution is 6.30. The van der Waals surface area contributed by atoms with Crippen LogP contribution in [0, 0.1) is 11.8 Å². The van der Waals surface area contributed by atoms with E-state index in [4.69, 9.17) is 21.1 Å². The molecule has 13 nitrogen and oxygen atoms in total. The Hall–Kier alpha value is -5.01. The fraction of sp³-hybridized carbons (Fsp3) is 0.333. The molecule has 0 saturated heterocycles. The number of halogens is 1. The first kappa shape index (κ1) is 34.9. The number of aliphatic hydroxyl groups excluding tert-OH is 1. The average molecular weight is 667 g/mol. The summed E-state index contributed by atoms with van der Waals surface area (Å²) in [5, 5.41) is 31.4. The van der Waals surface area contributed by atoms with E-state index in [9.17, 15) is 29.5 Å². The molecule has 0 fully saturated rings. The second kappa shape index (κ2) is 16.0. The van der Waals surface area contributed by atoms with Crippen LogP contribution in [0.2, 0.25) is 5.02 Å². The first-order valence-electron chi connectivity index (χ1n) is 14.7. The standard InChI is InChI=1S/C33H35ClN4O9/c1-19(2)26(17-30(40)45-3)32(42)46-18-47-33(43)29(39)16-25(35-31(41)23-11-12-27-28(15-23)38(44)37-36-27)13-20-7-9-21(10-8-20)22-5-4-6-24(34)14-22/h4-12,14-15,19,25-26,29,39,44H,13,16-18H2,1-3H3,(H,35,41)/t25-,26-,29?/m1/s1. The molecule has 0 aliphatic rings. The van der Waals surface area contributed by atoms with E-state index < -0.39 is 48.7 Å². The summed E-state index contributed by atoms with van der Waals surface area (Å²) in [4.78, 5) is 50.6. The van der Waals surface area contributed by atoms with Crippen LogP contribution in [0.25, 0.3) is 22.2 Å². The third-order valence-corrected chi connectivity index (χ3v) is 7.76. The fourth-order valence-electron chi connectivity index (χ4n) is 4.86. The van der Waals surface area contributed by atoms with E-state index in [-0.39, 0.29) is 36.3 Å². The monoisotopic (exact) mass is 666 g/mol. The number of ether oxygens (including phenoxy) is 3. The molecule has 1 unspecified atom stereocenters. The van der Waals surface area contributed by atoms with Gasteiger partial charge in [-0.3, -0.25) is 14.4 Å². The van der Waals surface area contributed by atoms with Crippen LogP contribution in [0.5, 0.6) is 0 Å². The van der Waals surface area contributed by atoms with E-state index in [0.29, 0.717) is 15.4 Å². The number of nitrogens with one attached hydrogen (secondary N) is 1. The van der Waals surface area contributed by atoms with Gasteiger partial charge in [0.05, 0.1) is 19.4 Å². The Balaban J connectivity index is 1.44. The minimum Gasteiger partial charge on any atom is -0.469 e. The minimum atomic E-state index is -1.69. The van der Waals surface area contributed by atoms with Crippen molar-refractivity contribution in [2.75, 3.05) is 13.9 Å². The third kappa shape index (κ3) is 9.50. The molecule has 1 aromatic heterocycles. The molecule has 3 aromatic carbocycles. The minimum absolute atomic E-state index is 0.187. The summed E-state index contributed by atoms with van der Waals surface area (Å²) in [6.07, 6.45) is -1.90. The smallest absolute Gasteiger partial charge is 0.337 e. The van der Waals surface area contributed by atoms with Gasteiger partial charge in [0.2, 0.25) is 6.79 Å². The van der Waals surface area contributed by atoms with Crippen molar-refractivity contribution < 1.29 is 43.7 Å². The number of fused-ring (bicyclic) bond motifs is 1. The van der Waals surface area contributed by atoms with E-state index in [1.807, 2.05) is 42.5 Å². The molecule has 47 heavy (non-hydrogen) atoms. The third-order valence-electron chi connectivity index (χ3n) is 7.52. The Bertz CT molecular complexity index is 1720. The molecule has 1 heterocycles. The largest absolute Gasteiger partial charge is 0.469 e. The topological polar surface area (TPSA) is 179 Å². The number of carbonyl (C=O) groups is 4. The van der Waals surface area contributed by atoms with Gasteiger partial charge >= 0.3 is 17.9 Å². The average Bonchev–Trinajstić information content (AvgIpc) is 3.42. The number of aromatic nitrogens is 3. The first-order valence-corrected chi connectivity index (χ1v) is 15.1. The van der Waals surface area contributed by atoms with Gasteiger partial charge in [0.1, 0.15) is 11.0 Å². The van der Waals surface area contributed by atoms with Crippen LogP contribution in [-0.4, -0.2) is 75.3 Å². The number of aliphatic hydroxyl groups is 1. The molecule has 0 aliphatic carbocycles. The van der Waals surface area contributed by atoms with Crippen molar-refractivity contribution in [3.05, 3.63) is 82.9 Å². The lowest BCUT2D eigenvalue weighted by Gasteiger charge is -2.22. The molecule has 248 valence electrons. The van der Waals surface area contributed by atoms with Crippen LogP contribution in [0.15, 0.2) is 66.7 Å². The zero-order valence-electron chi connectivity index (χ0n) is 26.0. The second-order valence-electron chi connectivity index (χ2n) is 11.2. The number of amides is 1. The number of hydrogen-bond donors (Lipinski definition) is 3. The Morgan fingerprint density at radius 2 is 1.68 bits per heavy atom. The van der Waals surface area contributed by atoms with Crippen molar-refractivity contribution >= 4 is 46.4 Å². The highest BCUT2D eigenvalue weighted by Crippen LogP contribution is 2.24. The number of rotatable bonds is 14. The molecular formula is C33H35ClN4O9. The van der Waals surface area contributed by atoms with E-state index in [2.05, 4.69) is 20.4 Å².